The summed E-state index contributed by atoms with van der Waals surface area (Å²) in [6.45, 7) is 2.04. The van der Waals surface area contributed by atoms with Crippen LogP contribution in [0.25, 0.3) is 0 Å². The molecule has 21 heavy (non-hydrogen) atoms. The molecule has 0 unspecified atom stereocenters. The minimum atomic E-state index is 0.465. The summed E-state index contributed by atoms with van der Waals surface area (Å²) < 4.78 is 0. The third-order valence-corrected chi connectivity index (χ3v) is 4.51. The summed E-state index contributed by atoms with van der Waals surface area (Å²) in [6, 6.07) is 4.68. The molecule has 5 heteroatoms. The topological polar surface area (TPSA) is 41.9 Å². The lowest BCUT2D eigenvalue weighted by Crippen LogP contribution is -2.33. The largest absolute Gasteiger partial charge is 0.292 e. The molecule has 1 aliphatic rings. The monoisotopic (exact) mass is 300 g/mol. The summed E-state index contributed by atoms with van der Waals surface area (Å²) in [6.07, 6.45) is 13.5. The highest BCUT2D eigenvalue weighted by atomic mass is 32.2. The number of nitrogens with zero attached hydrogens (tertiary/aromatic N) is 4. The first-order valence-corrected chi connectivity index (χ1v) is 8.58. The molecule has 0 saturated carbocycles. The first-order valence-electron chi connectivity index (χ1n) is 7.35. The summed E-state index contributed by atoms with van der Waals surface area (Å²) in [5.41, 5.74) is 2.50. The van der Waals surface area contributed by atoms with E-state index >= 15 is 0 Å². The van der Waals surface area contributed by atoms with Crippen LogP contribution in [0.15, 0.2) is 42.1 Å². The molecule has 4 nitrogen and oxygen atoms in total. The quantitative estimate of drug-likeness (QED) is 0.640. The number of likely N-dealkylation sites (tertiary alicyclic amines) is 1. The fourth-order valence-electron chi connectivity index (χ4n) is 2.90. The van der Waals surface area contributed by atoms with Gasteiger partial charge in [-0.3, -0.25) is 9.88 Å². The molecule has 0 N–H and O–H groups in total. The van der Waals surface area contributed by atoms with Crippen LogP contribution in [0.2, 0.25) is 0 Å². The number of hydrogen-bond acceptors (Lipinski definition) is 5. The zero-order valence-electron chi connectivity index (χ0n) is 12.3. The maximum atomic E-state index is 4.37. The Balaban J connectivity index is 1.75. The molecule has 1 saturated heterocycles. The lowest BCUT2D eigenvalue weighted by Gasteiger charge is -2.35. The van der Waals surface area contributed by atoms with Gasteiger partial charge in [-0.2, -0.15) is 0 Å². The van der Waals surface area contributed by atoms with Crippen molar-refractivity contribution >= 4 is 11.8 Å². The highest BCUT2D eigenvalue weighted by Crippen LogP contribution is 2.31. The molecule has 0 amide bonds. The lowest BCUT2D eigenvalue weighted by molar-refractivity contribution is 0.140. The van der Waals surface area contributed by atoms with E-state index < -0.39 is 0 Å². The number of pyridine rings is 1. The van der Waals surface area contributed by atoms with E-state index in [1.165, 1.54) is 30.4 Å². The first-order chi connectivity index (χ1) is 10.4. The van der Waals surface area contributed by atoms with Crippen LogP contribution < -0.4 is 0 Å². The van der Waals surface area contributed by atoms with Gasteiger partial charge in [0.1, 0.15) is 0 Å². The van der Waals surface area contributed by atoms with Crippen LogP contribution in [0.1, 0.15) is 36.4 Å². The van der Waals surface area contributed by atoms with Gasteiger partial charge in [0, 0.05) is 42.9 Å². The molecule has 1 fully saturated rings. The number of hydrogen-bond donors (Lipinski definition) is 0. The maximum Gasteiger partial charge on any atom is 0.187 e. The van der Waals surface area contributed by atoms with Gasteiger partial charge >= 0.3 is 0 Å². The molecule has 1 aliphatic heterocycles. The van der Waals surface area contributed by atoms with E-state index in [0.29, 0.717) is 6.04 Å². The van der Waals surface area contributed by atoms with Crippen molar-refractivity contribution in [2.45, 2.75) is 37.0 Å². The Morgan fingerprint density at radius 3 is 2.81 bits per heavy atom. The van der Waals surface area contributed by atoms with Gasteiger partial charge in [0.2, 0.25) is 0 Å². The van der Waals surface area contributed by atoms with Crippen molar-refractivity contribution in [2.75, 3.05) is 12.8 Å². The Kier molecular flexibility index (Phi) is 4.83. The van der Waals surface area contributed by atoms with E-state index in [0.717, 1.165) is 18.2 Å². The van der Waals surface area contributed by atoms with Crippen molar-refractivity contribution in [1.29, 1.82) is 0 Å². The molecule has 1 atom stereocenters. The minimum Gasteiger partial charge on any atom is -0.292 e. The van der Waals surface area contributed by atoms with Crippen LogP contribution in [-0.4, -0.2) is 32.7 Å². The zero-order valence-corrected chi connectivity index (χ0v) is 13.1. The Labute approximate surface area is 130 Å². The van der Waals surface area contributed by atoms with Gasteiger partial charge in [0.25, 0.3) is 0 Å². The first kappa shape index (κ1) is 14.5. The van der Waals surface area contributed by atoms with Crippen LogP contribution >= 0.6 is 11.8 Å². The molecule has 0 bridgehead atoms. The average molecular weight is 300 g/mol. The highest BCUT2D eigenvalue weighted by Gasteiger charge is 2.24. The Hall–Kier alpha value is -1.46. The number of rotatable bonds is 4. The van der Waals surface area contributed by atoms with Gasteiger partial charge < -0.3 is 0 Å². The second-order valence-electron chi connectivity index (χ2n) is 5.35. The zero-order chi connectivity index (χ0) is 14.5. The van der Waals surface area contributed by atoms with Crippen LogP contribution in [0.4, 0.5) is 0 Å². The summed E-state index contributed by atoms with van der Waals surface area (Å²) in [5, 5.41) is 0.834. The van der Waals surface area contributed by atoms with Gasteiger partial charge in [-0.05, 0) is 37.3 Å². The Bertz CT molecular complexity index is 558. The van der Waals surface area contributed by atoms with Crippen molar-refractivity contribution in [3.05, 3.63) is 48.0 Å². The molecule has 3 heterocycles. The van der Waals surface area contributed by atoms with Crippen LogP contribution in [-0.2, 0) is 6.54 Å². The fourth-order valence-corrected chi connectivity index (χ4v) is 3.21. The minimum absolute atomic E-state index is 0.465. The summed E-state index contributed by atoms with van der Waals surface area (Å²) in [5.74, 6) is 0. The number of aromatic nitrogens is 3. The molecule has 0 aromatic carbocycles. The number of piperidine rings is 1. The van der Waals surface area contributed by atoms with Gasteiger partial charge in [0.05, 0.1) is 0 Å². The fraction of sp³-hybridized carbons (Fsp3) is 0.438. The molecule has 0 aliphatic carbocycles. The third-order valence-electron chi connectivity index (χ3n) is 3.93. The van der Waals surface area contributed by atoms with Gasteiger partial charge in [-0.15, -0.1) is 0 Å². The normalized spacial score (nSPS) is 19.6. The molecule has 110 valence electrons. The predicted octanol–water partition coefficient (Wildman–Crippen LogP) is 3.32. The summed E-state index contributed by atoms with van der Waals surface area (Å²) in [4.78, 5) is 15.5. The van der Waals surface area contributed by atoms with Gasteiger partial charge in [0.15, 0.2) is 5.16 Å². The molecular formula is C16H20N4S. The number of thioether (sulfide) groups is 1. The van der Waals surface area contributed by atoms with Crippen LogP contribution in [0.5, 0.6) is 0 Å². The molecule has 2 aromatic rings. The van der Waals surface area contributed by atoms with Crippen LogP contribution in [0.3, 0.4) is 0 Å². The molecule has 0 spiro atoms. The maximum absolute atomic E-state index is 4.37. The van der Waals surface area contributed by atoms with E-state index in [4.69, 9.17) is 0 Å². The molecule has 0 radical (unpaired) electrons. The van der Waals surface area contributed by atoms with E-state index in [-0.39, 0.29) is 0 Å². The molecule has 2 aromatic heterocycles. The third kappa shape index (κ3) is 3.60. The summed E-state index contributed by atoms with van der Waals surface area (Å²) >= 11 is 1.58. The van der Waals surface area contributed by atoms with E-state index in [1.54, 1.807) is 11.8 Å². The average Bonchev–Trinajstić information content (AvgIpc) is 2.57. The molecular weight excluding hydrogens is 280 g/mol. The van der Waals surface area contributed by atoms with Crippen molar-refractivity contribution in [3.8, 4) is 0 Å². The highest BCUT2D eigenvalue weighted by molar-refractivity contribution is 7.98. The van der Waals surface area contributed by atoms with Crippen molar-refractivity contribution < 1.29 is 0 Å². The van der Waals surface area contributed by atoms with Crippen molar-refractivity contribution in [1.82, 2.24) is 19.9 Å². The van der Waals surface area contributed by atoms with Gasteiger partial charge in [-0.25, -0.2) is 9.97 Å². The Morgan fingerprint density at radius 2 is 2.10 bits per heavy atom. The van der Waals surface area contributed by atoms with Gasteiger partial charge in [-0.1, -0.05) is 24.2 Å². The van der Waals surface area contributed by atoms with Crippen molar-refractivity contribution in [3.63, 3.8) is 0 Å². The van der Waals surface area contributed by atoms with Crippen molar-refractivity contribution in [2.24, 2.45) is 0 Å². The van der Waals surface area contributed by atoms with Crippen LogP contribution in [0, 0.1) is 0 Å². The second-order valence-corrected chi connectivity index (χ2v) is 6.12. The SMILES string of the molecule is CSc1ncc(CN2CCCC[C@@H]2c2cccnc2)cn1. The summed E-state index contributed by atoms with van der Waals surface area (Å²) in [7, 11) is 0. The second kappa shape index (κ2) is 7.00. The van der Waals surface area contributed by atoms with E-state index in [1.807, 2.05) is 37.1 Å². The standard InChI is InChI=1S/C16H20N4S/c1-21-16-18-9-13(10-19-16)12-20-8-3-2-6-15(20)14-5-4-7-17-11-14/h4-5,7,9-11,15H,2-3,6,8,12H2,1H3/t15-/m1/s1. The smallest absolute Gasteiger partial charge is 0.187 e. The van der Waals surface area contributed by atoms with E-state index in [9.17, 15) is 0 Å². The lowest BCUT2D eigenvalue weighted by atomic mass is 9.96. The van der Waals surface area contributed by atoms with E-state index in [2.05, 4.69) is 25.9 Å². The predicted molar refractivity (Wildman–Crippen MR) is 85.1 cm³/mol. The molecule has 3 rings (SSSR count). The Morgan fingerprint density at radius 1 is 1.24 bits per heavy atom.